The third kappa shape index (κ3) is 3.79. The first-order valence-corrected chi connectivity index (χ1v) is 11.4. The van der Waals surface area contributed by atoms with Crippen molar-refractivity contribution >= 4 is 29.3 Å². The summed E-state index contributed by atoms with van der Waals surface area (Å²) in [6.45, 7) is 1.63. The van der Waals surface area contributed by atoms with E-state index in [1.165, 1.54) is 11.8 Å². The van der Waals surface area contributed by atoms with Crippen LogP contribution in [0.1, 0.15) is 41.8 Å². The summed E-state index contributed by atoms with van der Waals surface area (Å²) in [6, 6.07) is 9.78. The third-order valence-corrected chi connectivity index (χ3v) is 6.70. The zero-order chi connectivity index (χ0) is 21.2. The number of furan rings is 2. The van der Waals surface area contributed by atoms with Crippen LogP contribution in [0.3, 0.4) is 0 Å². The van der Waals surface area contributed by atoms with Crippen LogP contribution < -0.4 is 0 Å². The summed E-state index contributed by atoms with van der Waals surface area (Å²) in [4.78, 5) is 19.4. The molecule has 0 radical (unpaired) electrons. The van der Waals surface area contributed by atoms with E-state index in [0.717, 1.165) is 66.9 Å². The van der Waals surface area contributed by atoms with Gasteiger partial charge in [0, 0.05) is 18.7 Å². The molecule has 0 unspecified atom stereocenters. The average Bonchev–Trinajstić information content (AvgIpc) is 3.59. The van der Waals surface area contributed by atoms with E-state index in [1.54, 1.807) is 12.5 Å². The normalized spacial score (nSPS) is 16.6. The van der Waals surface area contributed by atoms with E-state index in [9.17, 15) is 10.1 Å². The van der Waals surface area contributed by atoms with Gasteiger partial charge in [0.05, 0.1) is 29.5 Å². The second-order valence-electron chi connectivity index (χ2n) is 7.64. The van der Waals surface area contributed by atoms with Crippen LogP contribution in [0, 0.1) is 11.3 Å². The number of aromatic nitrogens is 1. The van der Waals surface area contributed by atoms with Crippen LogP contribution in [-0.4, -0.2) is 34.6 Å². The second-order valence-corrected chi connectivity index (χ2v) is 8.61. The van der Waals surface area contributed by atoms with Crippen molar-refractivity contribution < 1.29 is 13.6 Å². The molecule has 7 heteroatoms. The molecule has 0 aromatic carbocycles. The van der Waals surface area contributed by atoms with Crippen LogP contribution in [-0.2, 0) is 11.2 Å². The molecule has 0 bridgehead atoms. The van der Waals surface area contributed by atoms with Gasteiger partial charge in [-0.05, 0) is 67.2 Å². The molecule has 31 heavy (non-hydrogen) atoms. The number of allylic oxidation sites excluding steroid dienone is 1. The number of hydrogen-bond donors (Lipinski definition) is 0. The van der Waals surface area contributed by atoms with Gasteiger partial charge < -0.3 is 13.7 Å². The molecule has 1 aliphatic carbocycles. The molecular formula is C24H21N3O3S. The van der Waals surface area contributed by atoms with Gasteiger partial charge in [0.15, 0.2) is 0 Å². The molecule has 1 saturated heterocycles. The Bertz CT molecular complexity index is 1170. The molecule has 0 spiro atoms. The number of carbonyl (C=O) groups excluding carboxylic acids is 1. The van der Waals surface area contributed by atoms with Gasteiger partial charge in [-0.25, -0.2) is 4.98 Å². The smallest absolute Gasteiger partial charge is 0.232 e. The second kappa shape index (κ2) is 8.48. The maximum atomic E-state index is 12.6. The van der Waals surface area contributed by atoms with E-state index in [1.807, 2.05) is 35.2 Å². The fourth-order valence-electron chi connectivity index (χ4n) is 4.26. The molecule has 0 saturated carbocycles. The molecule has 3 aromatic rings. The van der Waals surface area contributed by atoms with Gasteiger partial charge in [0.1, 0.15) is 22.6 Å². The van der Waals surface area contributed by atoms with Crippen LogP contribution in [0.5, 0.6) is 0 Å². The Morgan fingerprint density at radius 2 is 2.00 bits per heavy atom. The minimum atomic E-state index is 0.0968. The number of rotatable bonds is 5. The van der Waals surface area contributed by atoms with Crippen LogP contribution in [0.25, 0.3) is 23.0 Å². The van der Waals surface area contributed by atoms with E-state index in [-0.39, 0.29) is 11.7 Å². The molecular weight excluding hydrogens is 410 g/mol. The number of nitrogens with zero attached hydrogens (tertiary/aromatic N) is 3. The van der Waals surface area contributed by atoms with E-state index in [0.29, 0.717) is 16.3 Å². The topological polar surface area (TPSA) is 83.3 Å². The minimum absolute atomic E-state index is 0.0968. The summed E-state index contributed by atoms with van der Waals surface area (Å²) in [5, 5.41) is 10.6. The van der Waals surface area contributed by atoms with Crippen molar-refractivity contribution in [2.45, 2.75) is 30.7 Å². The molecule has 4 heterocycles. The molecule has 1 fully saturated rings. The predicted octanol–water partition coefficient (Wildman–Crippen LogP) is 5.01. The molecule has 3 aromatic heterocycles. The lowest BCUT2D eigenvalue weighted by Crippen LogP contribution is -2.29. The molecule has 5 rings (SSSR count). The first kappa shape index (κ1) is 19.7. The number of nitriles is 1. The number of hydrogen-bond acceptors (Lipinski definition) is 6. The van der Waals surface area contributed by atoms with Gasteiger partial charge in [-0.3, -0.25) is 4.79 Å². The number of thioether (sulfide) groups is 1. The number of likely N-dealkylation sites (tertiary alicyclic amines) is 1. The minimum Gasteiger partial charge on any atom is -0.465 e. The Morgan fingerprint density at radius 3 is 2.71 bits per heavy atom. The quantitative estimate of drug-likeness (QED) is 0.528. The fraction of sp³-hybridized carbons (Fsp3) is 0.292. The lowest BCUT2D eigenvalue weighted by Gasteiger charge is -2.16. The Labute approximate surface area is 184 Å². The lowest BCUT2D eigenvalue weighted by atomic mass is 10.00. The van der Waals surface area contributed by atoms with E-state index >= 15 is 0 Å². The molecule has 156 valence electrons. The Balaban J connectivity index is 1.57. The zero-order valence-corrected chi connectivity index (χ0v) is 17.8. The van der Waals surface area contributed by atoms with Gasteiger partial charge in [0.25, 0.3) is 0 Å². The summed E-state index contributed by atoms with van der Waals surface area (Å²) in [5.41, 5.74) is 4.20. The van der Waals surface area contributed by atoms with Crippen molar-refractivity contribution in [1.82, 2.24) is 9.88 Å². The average molecular weight is 432 g/mol. The highest BCUT2D eigenvalue weighted by Gasteiger charge is 2.29. The standard InChI is InChI=1S/C24H21N3O3S/c25-14-19-22(20-6-4-12-30-20)18-8-7-16(13-17-5-3-11-29-17)23(18)26-24(19)31-15-21(28)27-9-1-2-10-27/h3-6,11-13H,1-2,7-10,15H2/b16-13-. The SMILES string of the molecule is N#Cc1c(SCC(=O)N2CCCC2)nc2c(c1-c1ccco1)CC/C2=C/c1ccco1. The highest BCUT2D eigenvalue weighted by Crippen LogP contribution is 2.43. The van der Waals surface area contributed by atoms with Gasteiger partial charge in [-0.1, -0.05) is 11.8 Å². The van der Waals surface area contributed by atoms with Crippen molar-refractivity contribution in [2.24, 2.45) is 0 Å². The van der Waals surface area contributed by atoms with Crippen molar-refractivity contribution in [3.05, 3.63) is 59.4 Å². The van der Waals surface area contributed by atoms with E-state index < -0.39 is 0 Å². The van der Waals surface area contributed by atoms with E-state index in [4.69, 9.17) is 13.8 Å². The van der Waals surface area contributed by atoms with E-state index in [2.05, 4.69) is 6.07 Å². The fourth-order valence-corrected chi connectivity index (χ4v) is 5.15. The van der Waals surface area contributed by atoms with Crippen molar-refractivity contribution in [2.75, 3.05) is 18.8 Å². The summed E-state index contributed by atoms with van der Waals surface area (Å²) in [7, 11) is 0. The maximum absolute atomic E-state index is 12.6. The van der Waals surface area contributed by atoms with Crippen LogP contribution >= 0.6 is 11.8 Å². The van der Waals surface area contributed by atoms with Crippen LogP contribution in [0.15, 0.2) is 50.7 Å². The van der Waals surface area contributed by atoms with Crippen LogP contribution in [0.4, 0.5) is 0 Å². The van der Waals surface area contributed by atoms with Crippen LogP contribution in [0.2, 0.25) is 0 Å². The largest absolute Gasteiger partial charge is 0.465 e. The maximum Gasteiger partial charge on any atom is 0.232 e. The Hall–Kier alpha value is -3.24. The first-order chi connectivity index (χ1) is 15.2. The van der Waals surface area contributed by atoms with Gasteiger partial charge >= 0.3 is 0 Å². The van der Waals surface area contributed by atoms with Crippen molar-refractivity contribution in [1.29, 1.82) is 5.26 Å². The number of fused-ring (bicyclic) bond motifs is 1. The summed E-state index contributed by atoms with van der Waals surface area (Å²) < 4.78 is 11.2. The summed E-state index contributed by atoms with van der Waals surface area (Å²) in [5.74, 6) is 1.80. The third-order valence-electron chi connectivity index (χ3n) is 5.74. The Kier molecular flexibility index (Phi) is 5.39. The molecule has 0 N–H and O–H groups in total. The lowest BCUT2D eigenvalue weighted by molar-refractivity contribution is -0.127. The summed E-state index contributed by atoms with van der Waals surface area (Å²) in [6.07, 6.45) is 8.96. The monoisotopic (exact) mass is 431 g/mol. The number of carbonyl (C=O) groups is 1. The molecule has 6 nitrogen and oxygen atoms in total. The molecule has 0 atom stereocenters. The van der Waals surface area contributed by atoms with Crippen molar-refractivity contribution in [3.8, 4) is 17.4 Å². The Morgan fingerprint density at radius 1 is 1.19 bits per heavy atom. The predicted molar refractivity (Wildman–Crippen MR) is 118 cm³/mol. The van der Waals surface area contributed by atoms with Gasteiger partial charge in [-0.15, -0.1) is 0 Å². The number of pyridine rings is 1. The highest BCUT2D eigenvalue weighted by molar-refractivity contribution is 8.00. The number of amides is 1. The highest BCUT2D eigenvalue weighted by atomic mass is 32.2. The summed E-state index contributed by atoms with van der Waals surface area (Å²) >= 11 is 1.34. The zero-order valence-electron chi connectivity index (χ0n) is 17.0. The molecule has 1 aliphatic heterocycles. The molecule has 2 aliphatic rings. The molecule has 1 amide bonds. The van der Waals surface area contributed by atoms with Gasteiger partial charge in [0.2, 0.25) is 5.91 Å². The van der Waals surface area contributed by atoms with Gasteiger partial charge in [-0.2, -0.15) is 5.26 Å². The first-order valence-electron chi connectivity index (χ1n) is 10.4. The van der Waals surface area contributed by atoms with Crippen molar-refractivity contribution in [3.63, 3.8) is 0 Å².